The first-order chi connectivity index (χ1) is 11.2. The first-order valence-corrected chi connectivity index (χ1v) is 8.14. The Bertz CT molecular complexity index is 680. The van der Waals surface area contributed by atoms with Crippen molar-refractivity contribution in [1.29, 1.82) is 5.26 Å². The van der Waals surface area contributed by atoms with Crippen molar-refractivity contribution < 1.29 is 0 Å². The molecule has 2 aromatic rings. The Morgan fingerprint density at radius 1 is 1.04 bits per heavy atom. The summed E-state index contributed by atoms with van der Waals surface area (Å²) >= 11 is 0. The molecule has 0 saturated carbocycles. The van der Waals surface area contributed by atoms with E-state index >= 15 is 0 Å². The summed E-state index contributed by atoms with van der Waals surface area (Å²) in [6.07, 6.45) is 1.26. The molecule has 3 nitrogen and oxygen atoms in total. The minimum atomic E-state index is 0.688. The third kappa shape index (κ3) is 3.79. The SMILES string of the molecule is CN(C)C1CCN(Cc2ccc(-c3ccc(C#N)cc3)cc2)C1. The van der Waals surface area contributed by atoms with Crippen LogP contribution in [0.3, 0.4) is 0 Å². The van der Waals surface area contributed by atoms with E-state index in [-0.39, 0.29) is 0 Å². The molecule has 1 fully saturated rings. The zero-order valence-electron chi connectivity index (χ0n) is 13.9. The number of likely N-dealkylation sites (N-methyl/N-ethyl adjacent to an activating group) is 1. The van der Waals surface area contributed by atoms with Crippen LogP contribution in [0.4, 0.5) is 0 Å². The Balaban J connectivity index is 1.64. The van der Waals surface area contributed by atoms with E-state index in [1.807, 2.05) is 24.3 Å². The Morgan fingerprint density at radius 2 is 1.65 bits per heavy atom. The fourth-order valence-corrected chi connectivity index (χ4v) is 3.18. The van der Waals surface area contributed by atoms with Gasteiger partial charge in [0.2, 0.25) is 0 Å². The van der Waals surface area contributed by atoms with Crippen LogP contribution >= 0.6 is 0 Å². The topological polar surface area (TPSA) is 30.3 Å². The zero-order valence-corrected chi connectivity index (χ0v) is 13.9. The van der Waals surface area contributed by atoms with Crippen molar-refractivity contribution in [3.8, 4) is 17.2 Å². The monoisotopic (exact) mass is 305 g/mol. The molecule has 0 N–H and O–H groups in total. The molecule has 0 aromatic heterocycles. The average Bonchev–Trinajstić information content (AvgIpc) is 3.04. The molecule has 0 spiro atoms. The summed E-state index contributed by atoms with van der Waals surface area (Å²) in [5, 5.41) is 8.87. The first-order valence-electron chi connectivity index (χ1n) is 8.14. The van der Waals surface area contributed by atoms with Crippen molar-refractivity contribution in [3.63, 3.8) is 0 Å². The van der Waals surface area contributed by atoms with Gasteiger partial charge >= 0.3 is 0 Å². The van der Waals surface area contributed by atoms with E-state index in [2.05, 4.69) is 54.2 Å². The molecule has 1 aliphatic rings. The van der Waals surface area contributed by atoms with Gasteiger partial charge in [0.25, 0.3) is 0 Å². The molecule has 1 saturated heterocycles. The van der Waals surface area contributed by atoms with Crippen molar-refractivity contribution in [1.82, 2.24) is 9.80 Å². The second-order valence-electron chi connectivity index (χ2n) is 6.53. The van der Waals surface area contributed by atoms with Crippen LogP contribution in [0.15, 0.2) is 48.5 Å². The fourth-order valence-electron chi connectivity index (χ4n) is 3.18. The molecule has 2 aromatic carbocycles. The van der Waals surface area contributed by atoms with Gasteiger partial charge in [0, 0.05) is 25.7 Å². The normalized spacial score (nSPS) is 18.3. The van der Waals surface area contributed by atoms with E-state index in [1.165, 1.54) is 24.1 Å². The molecule has 118 valence electrons. The second-order valence-corrected chi connectivity index (χ2v) is 6.53. The molecule has 0 bridgehead atoms. The van der Waals surface area contributed by atoms with Crippen LogP contribution in [-0.4, -0.2) is 43.0 Å². The summed E-state index contributed by atoms with van der Waals surface area (Å²) in [4.78, 5) is 4.86. The molecule has 0 aliphatic carbocycles. The Kier molecular flexibility index (Phi) is 4.76. The molecule has 0 amide bonds. The van der Waals surface area contributed by atoms with Crippen LogP contribution in [0.25, 0.3) is 11.1 Å². The highest BCUT2D eigenvalue weighted by Gasteiger charge is 2.23. The molecule has 23 heavy (non-hydrogen) atoms. The highest BCUT2D eigenvalue weighted by molar-refractivity contribution is 5.64. The average molecular weight is 305 g/mol. The number of benzene rings is 2. The Morgan fingerprint density at radius 3 is 2.17 bits per heavy atom. The Labute approximate surface area is 138 Å². The maximum Gasteiger partial charge on any atom is 0.0991 e. The van der Waals surface area contributed by atoms with E-state index in [1.54, 1.807) is 0 Å². The number of nitrogens with zero attached hydrogens (tertiary/aromatic N) is 3. The van der Waals surface area contributed by atoms with Crippen molar-refractivity contribution in [2.75, 3.05) is 27.2 Å². The van der Waals surface area contributed by atoms with Gasteiger partial charge in [0.1, 0.15) is 0 Å². The molecule has 1 unspecified atom stereocenters. The third-order valence-electron chi connectivity index (χ3n) is 4.69. The standard InChI is InChI=1S/C20H23N3/c1-22(2)20-11-12-23(15-20)14-17-5-9-19(10-6-17)18-7-3-16(13-21)4-8-18/h3-10,20H,11-12,14-15H2,1-2H3. The first kappa shape index (κ1) is 15.7. The van der Waals surface area contributed by atoms with Crippen LogP contribution in [0, 0.1) is 11.3 Å². The number of rotatable bonds is 4. The molecule has 3 heteroatoms. The lowest BCUT2D eigenvalue weighted by atomic mass is 10.0. The minimum absolute atomic E-state index is 0.688. The lowest BCUT2D eigenvalue weighted by Gasteiger charge is -2.20. The molecular weight excluding hydrogens is 282 g/mol. The number of nitriles is 1. The van der Waals surface area contributed by atoms with Crippen LogP contribution in [0.5, 0.6) is 0 Å². The quantitative estimate of drug-likeness (QED) is 0.867. The maximum atomic E-state index is 8.87. The fraction of sp³-hybridized carbons (Fsp3) is 0.350. The molecule has 1 heterocycles. The largest absolute Gasteiger partial charge is 0.305 e. The molecular formula is C20H23N3. The van der Waals surface area contributed by atoms with Crippen LogP contribution < -0.4 is 0 Å². The smallest absolute Gasteiger partial charge is 0.0991 e. The lowest BCUT2D eigenvalue weighted by molar-refractivity contribution is 0.264. The van der Waals surface area contributed by atoms with E-state index in [4.69, 9.17) is 5.26 Å². The van der Waals surface area contributed by atoms with Gasteiger partial charge in [0.15, 0.2) is 0 Å². The van der Waals surface area contributed by atoms with Gasteiger partial charge in [-0.1, -0.05) is 36.4 Å². The summed E-state index contributed by atoms with van der Waals surface area (Å²) in [5.41, 5.74) is 4.42. The van der Waals surface area contributed by atoms with Gasteiger partial charge < -0.3 is 4.90 Å². The number of hydrogen-bond donors (Lipinski definition) is 0. The third-order valence-corrected chi connectivity index (χ3v) is 4.69. The van der Waals surface area contributed by atoms with Crippen molar-refractivity contribution >= 4 is 0 Å². The maximum absolute atomic E-state index is 8.87. The van der Waals surface area contributed by atoms with Gasteiger partial charge in [-0.05, 0) is 49.3 Å². The summed E-state index contributed by atoms with van der Waals surface area (Å²) in [7, 11) is 4.33. The summed E-state index contributed by atoms with van der Waals surface area (Å²) in [6, 6.07) is 19.4. The van der Waals surface area contributed by atoms with Gasteiger partial charge in [-0.2, -0.15) is 5.26 Å². The zero-order chi connectivity index (χ0) is 16.2. The van der Waals surface area contributed by atoms with Gasteiger partial charge in [0.05, 0.1) is 11.6 Å². The van der Waals surface area contributed by atoms with Gasteiger partial charge in [-0.3, -0.25) is 4.90 Å². The summed E-state index contributed by atoms with van der Waals surface area (Å²) in [6.45, 7) is 3.36. The summed E-state index contributed by atoms with van der Waals surface area (Å²) < 4.78 is 0. The lowest BCUT2D eigenvalue weighted by Crippen LogP contribution is -2.31. The predicted molar refractivity (Wildman–Crippen MR) is 94.0 cm³/mol. The second kappa shape index (κ2) is 6.95. The minimum Gasteiger partial charge on any atom is -0.305 e. The van der Waals surface area contributed by atoms with Crippen LogP contribution in [-0.2, 0) is 6.54 Å². The molecule has 1 atom stereocenters. The highest BCUT2D eigenvalue weighted by atomic mass is 15.2. The van der Waals surface area contributed by atoms with E-state index in [0.29, 0.717) is 11.6 Å². The molecule has 3 rings (SSSR count). The van der Waals surface area contributed by atoms with E-state index < -0.39 is 0 Å². The molecule has 1 aliphatic heterocycles. The van der Waals surface area contributed by atoms with Crippen molar-refractivity contribution in [2.24, 2.45) is 0 Å². The van der Waals surface area contributed by atoms with Gasteiger partial charge in [-0.15, -0.1) is 0 Å². The predicted octanol–water partition coefficient (Wildman–Crippen LogP) is 3.36. The molecule has 0 radical (unpaired) electrons. The summed E-state index contributed by atoms with van der Waals surface area (Å²) in [5.74, 6) is 0. The number of likely N-dealkylation sites (tertiary alicyclic amines) is 1. The number of hydrogen-bond acceptors (Lipinski definition) is 3. The van der Waals surface area contributed by atoms with Crippen molar-refractivity contribution in [2.45, 2.75) is 19.0 Å². The van der Waals surface area contributed by atoms with E-state index in [0.717, 1.165) is 18.7 Å². The Hall–Kier alpha value is -2.15. The highest BCUT2D eigenvalue weighted by Crippen LogP contribution is 2.22. The van der Waals surface area contributed by atoms with E-state index in [9.17, 15) is 0 Å². The van der Waals surface area contributed by atoms with Crippen LogP contribution in [0.2, 0.25) is 0 Å². The van der Waals surface area contributed by atoms with Crippen LogP contribution in [0.1, 0.15) is 17.5 Å². The van der Waals surface area contributed by atoms with Crippen molar-refractivity contribution in [3.05, 3.63) is 59.7 Å². The van der Waals surface area contributed by atoms with Gasteiger partial charge in [-0.25, -0.2) is 0 Å².